The lowest BCUT2D eigenvalue weighted by atomic mass is 10.2. The molecule has 0 aliphatic carbocycles. The molecule has 0 aliphatic heterocycles. The molecule has 2 N–H and O–H groups in total. The molecular weight excluding hydrogens is 208 g/mol. The fourth-order valence-corrected chi connectivity index (χ4v) is 1.16. The molecule has 0 aliphatic rings. The van der Waals surface area contributed by atoms with Crippen molar-refractivity contribution in [3.8, 4) is 5.75 Å². The standard InChI is InChI=1S/C9H10N6O/c1-16-8-5-3-2-4-7(8)6-11-15-9(10)12-13-14-15/h2-6H,1H3,(H2,10,12,14). The van der Waals surface area contributed by atoms with E-state index in [1.807, 2.05) is 24.3 Å². The smallest absolute Gasteiger partial charge is 0.263 e. The van der Waals surface area contributed by atoms with Crippen molar-refractivity contribution in [2.24, 2.45) is 5.10 Å². The number of rotatable bonds is 3. The number of methoxy groups -OCH3 is 1. The Balaban J connectivity index is 2.27. The summed E-state index contributed by atoms with van der Waals surface area (Å²) in [6.45, 7) is 0. The van der Waals surface area contributed by atoms with Gasteiger partial charge in [0.2, 0.25) is 0 Å². The van der Waals surface area contributed by atoms with E-state index >= 15 is 0 Å². The zero-order valence-electron chi connectivity index (χ0n) is 8.61. The van der Waals surface area contributed by atoms with Gasteiger partial charge >= 0.3 is 0 Å². The van der Waals surface area contributed by atoms with Crippen LogP contribution >= 0.6 is 0 Å². The fraction of sp³-hybridized carbons (Fsp3) is 0.111. The van der Waals surface area contributed by atoms with Gasteiger partial charge in [-0.3, -0.25) is 0 Å². The summed E-state index contributed by atoms with van der Waals surface area (Å²) in [4.78, 5) is 1.13. The summed E-state index contributed by atoms with van der Waals surface area (Å²) in [6, 6.07) is 7.46. The van der Waals surface area contributed by atoms with E-state index in [1.165, 1.54) is 0 Å². The Labute approximate surface area is 91.5 Å². The number of anilines is 1. The molecule has 2 rings (SSSR count). The first-order chi connectivity index (χ1) is 7.81. The molecule has 0 radical (unpaired) electrons. The second kappa shape index (κ2) is 4.39. The van der Waals surface area contributed by atoms with Crippen molar-refractivity contribution in [2.45, 2.75) is 0 Å². The summed E-state index contributed by atoms with van der Waals surface area (Å²) in [5.74, 6) is 0.851. The Morgan fingerprint density at radius 1 is 1.44 bits per heavy atom. The average Bonchev–Trinajstić information content (AvgIpc) is 2.72. The van der Waals surface area contributed by atoms with Crippen LogP contribution in [0.3, 0.4) is 0 Å². The van der Waals surface area contributed by atoms with Crippen molar-refractivity contribution in [3.63, 3.8) is 0 Å². The van der Waals surface area contributed by atoms with Gasteiger partial charge in [-0.15, -0.1) is 0 Å². The van der Waals surface area contributed by atoms with E-state index in [4.69, 9.17) is 10.5 Å². The van der Waals surface area contributed by atoms with Gasteiger partial charge in [0.15, 0.2) is 0 Å². The van der Waals surface area contributed by atoms with Crippen LogP contribution in [0.25, 0.3) is 0 Å². The number of para-hydroxylation sites is 1. The van der Waals surface area contributed by atoms with Crippen molar-refractivity contribution >= 4 is 12.2 Å². The second-order valence-electron chi connectivity index (χ2n) is 2.91. The van der Waals surface area contributed by atoms with Crippen LogP contribution in [0.2, 0.25) is 0 Å². The molecule has 7 heteroatoms. The quantitative estimate of drug-likeness (QED) is 0.740. The lowest BCUT2D eigenvalue weighted by Crippen LogP contribution is -2.00. The molecular formula is C9H10N6O. The van der Waals surface area contributed by atoms with Crippen LogP contribution in [-0.4, -0.2) is 33.6 Å². The van der Waals surface area contributed by atoms with Crippen LogP contribution in [0, 0.1) is 0 Å². The van der Waals surface area contributed by atoms with Gasteiger partial charge in [-0.2, -0.15) is 5.10 Å². The Kier molecular flexibility index (Phi) is 2.77. The van der Waals surface area contributed by atoms with E-state index in [9.17, 15) is 0 Å². The minimum Gasteiger partial charge on any atom is -0.496 e. The topological polar surface area (TPSA) is 91.2 Å². The number of nitrogens with zero attached hydrogens (tertiary/aromatic N) is 5. The summed E-state index contributed by atoms with van der Waals surface area (Å²) in [5, 5.41) is 14.4. The van der Waals surface area contributed by atoms with Crippen molar-refractivity contribution < 1.29 is 4.74 Å². The lowest BCUT2D eigenvalue weighted by molar-refractivity contribution is 0.414. The first-order valence-corrected chi connectivity index (χ1v) is 4.52. The zero-order valence-corrected chi connectivity index (χ0v) is 8.61. The van der Waals surface area contributed by atoms with E-state index in [-0.39, 0.29) is 5.95 Å². The molecule has 82 valence electrons. The van der Waals surface area contributed by atoms with Gasteiger partial charge in [0.05, 0.1) is 13.3 Å². The molecule has 0 spiro atoms. The minimum atomic E-state index is 0.131. The molecule has 0 fully saturated rings. The first kappa shape index (κ1) is 10.1. The monoisotopic (exact) mass is 218 g/mol. The summed E-state index contributed by atoms with van der Waals surface area (Å²) < 4.78 is 5.16. The molecule has 0 bridgehead atoms. The maximum atomic E-state index is 5.46. The number of benzene rings is 1. The normalized spacial score (nSPS) is 10.8. The maximum Gasteiger partial charge on any atom is 0.263 e. The highest BCUT2D eigenvalue weighted by atomic mass is 16.5. The number of hydrogen-bond donors (Lipinski definition) is 1. The molecule has 1 aromatic heterocycles. The molecule has 0 amide bonds. The summed E-state index contributed by atoms with van der Waals surface area (Å²) in [5.41, 5.74) is 6.28. The van der Waals surface area contributed by atoms with Gasteiger partial charge in [-0.05, 0) is 22.6 Å². The van der Waals surface area contributed by atoms with Crippen molar-refractivity contribution in [1.82, 2.24) is 20.3 Å². The Morgan fingerprint density at radius 2 is 2.25 bits per heavy atom. The number of ether oxygens (including phenoxy) is 1. The van der Waals surface area contributed by atoms with Crippen molar-refractivity contribution in [1.29, 1.82) is 0 Å². The van der Waals surface area contributed by atoms with Gasteiger partial charge in [0.25, 0.3) is 5.95 Å². The number of tetrazole rings is 1. The molecule has 2 aromatic rings. The van der Waals surface area contributed by atoms with Crippen LogP contribution in [0.1, 0.15) is 5.56 Å². The number of nitrogen functional groups attached to an aromatic ring is 1. The van der Waals surface area contributed by atoms with Crippen LogP contribution < -0.4 is 10.5 Å². The SMILES string of the molecule is COc1ccccc1C=Nn1nnnc1N. The highest BCUT2D eigenvalue weighted by Crippen LogP contribution is 2.14. The summed E-state index contributed by atoms with van der Waals surface area (Å²) >= 11 is 0. The third-order valence-electron chi connectivity index (χ3n) is 1.92. The molecule has 16 heavy (non-hydrogen) atoms. The van der Waals surface area contributed by atoms with E-state index in [0.29, 0.717) is 0 Å². The lowest BCUT2D eigenvalue weighted by Gasteiger charge is -2.02. The molecule has 0 unspecified atom stereocenters. The van der Waals surface area contributed by atoms with Crippen molar-refractivity contribution in [2.75, 3.05) is 12.8 Å². The summed E-state index contributed by atoms with van der Waals surface area (Å²) in [7, 11) is 1.60. The minimum absolute atomic E-state index is 0.131. The van der Waals surface area contributed by atoms with Gasteiger partial charge in [-0.25, -0.2) is 0 Å². The third-order valence-corrected chi connectivity index (χ3v) is 1.92. The van der Waals surface area contributed by atoms with Crippen LogP contribution in [-0.2, 0) is 0 Å². The third kappa shape index (κ3) is 1.97. The van der Waals surface area contributed by atoms with Crippen LogP contribution in [0.15, 0.2) is 29.4 Å². The Bertz CT molecular complexity index is 506. The fourth-order valence-electron chi connectivity index (χ4n) is 1.16. The van der Waals surface area contributed by atoms with E-state index in [1.54, 1.807) is 13.3 Å². The first-order valence-electron chi connectivity index (χ1n) is 4.52. The van der Waals surface area contributed by atoms with E-state index < -0.39 is 0 Å². The molecule has 7 nitrogen and oxygen atoms in total. The van der Waals surface area contributed by atoms with E-state index in [2.05, 4.69) is 20.6 Å². The predicted molar refractivity (Wildman–Crippen MR) is 58.2 cm³/mol. The predicted octanol–water partition coefficient (Wildman–Crippen LogP) is 0.146. The second-order valence-corrected chi connectivity index (χ2v) is 2.91. The van der Waals surface area contributed by atoms with Gasteiger partial charge in [0, 0.05) is 5.56 Å². The summed E-state index contributed by atoms with van der Waals surface area (Å²) in [6.07, 6.45) is 1.57. The van der Waals surface area contributed by atoms with Crippen molar-refractivity contribution in [3.05, 3.63) is 29.8 Å². The van der Waals surface area contributed by atoms with Crippen LogP contribution in [0.4, 0.5) is 5.95 Å². The van der Waals surface area contributed by atoms with Crippen LogP contribution in [0.5, 0.6) is 5.75 Å². The highest BCUT2D eigenvalue weighted by molar-refractivity contribution is 5.83. The largest absolute Gasteiger partial charge is 0.496 e. The molecule has 1 aromatic carbocycles. The molecule has 0 saturated heterocycles. The van der Waals surface area contributed by atoms with Gasteiger partial charge < -0.3 is 10.5 Å². The van der Waals surface area contributed by atoms with E-state index in [0.717, 1.165) is 16.1 Å². The molecule has 1 heterocycles. The number of hydrogen-bond acceptors (Lipinski definition) is 6. The Morgan fingerprint density at radius 3 is 2.94 bits per heavy atom. The van der Waals surface area contributed by atoms with Gasteiger partial charge in [0.1, 0.15) is 5.75 Å². The number of aromatic nitrogens is 4. The average molecular weight is 218 g/mol. The highest BCUT2D eigenvalue weighted by Gasteiger charge is 2.00. The van der Waals surface area contributed by atoms with Gasteiger partial charge in [-0.1, -0.05) is 22.0 Å². The zero-order chi connectivity index (χ0) is 11.4. The molecule has 0 atom stereocenters. The maximum absolute atomic E-state index is 5.46. The number of nitrogens with two attached hydrogens (primary N) is 1. The molecule has 0 saturated carbocycles. The Hall–Kier alpha value is -2.44.